The second-order valence-corrected chi connectivity index (χ2v) is 8.42. The van der Waals surface area contributed by atoms with Gasteiger partial charge in [-0.15, -0.1) is 0 Å². The topological polar surface area (TPSA) is 40.5 Å². The first-order valence-corrected chi connectivity index (χ1v) is 11.2. The highest BCUT2D eigenvalue weighted by Crippen LogP contribution is 2.39. The molecule has 0 fully saturated rings. The summed E-state index contributed by atoms with van der Waals surface area (Å²) in [6, 6.07) is 14.4. The van der Waals surface area contributed by atoms with Crippen LogP contribution >= 0.6 is 0 Å². The van der Waals surface area contributed by atoms with E-state index in [-0.39, 0.29) is 23.5 Å². The van der Waals surface area contributed by atoms with Gasteiger partial charge in [-0.1, -0.05) is 0 Å². The predicted octanol–water partition coefficient (Wildman–Crippen LogP) is 7.42. The molecule has 0 aliphatic carbocycles. The lowest BCUT2D eigenvalue weighted by Crippen LogP contribution is -2.08. The van der Waals surface area contributed by atoms with Crippen LogP contribution in [0.3, 0.4) is 0 Å². The van der Waals surface area contributed by atoms with Gasteiger partial charge in [0.05, 0.1) is 23.9 Å². The predicted molar refractivity (Wildman–Crippen MR) is 128 cm³/mol. The standard InChI is InChI=1S/C28H22F5NO3/c1-16-12-21(8-9-22(16)27(35)36-3)34-17(2)4-10-25(34)23-13-19(28(31,32)33)6-11-26(23)37-15-18-5-7-20(29)14-24(18)30/h4-14H,15H2,1-3H3. The van der Waals surface area contributed by atoms with Gasteiger partial charge in [0, 0.05) is 28.6 Å². The van der Waals surface area contributed by atoms with Crippen LogP contribution in [0.2, 0.25) is 0 Å². The maximum absolute atomic E-state index is 14.1. The summed E-state index contributed by atoms with van der Waals surface area (Å²) in [5.74, 6) is -2.00. The van der Waals surface area contributed by atoms with Crippen LogP contribution in [0, 0.1) is 25.5 Å². The van der Waals surface area contributed by atoms with Gasteiger partial charge in [-0.25, -0.2) is 13.6 Å². The van der Waals surface area contributed by atoms with Crippen LogP contribution in [0.1, 0.15) is 32.7 Å². The number of esters is 1. The Labute approximate surface area is 209 Å². The first-order chi connectivity index (χ1) is 17.5. The molecule has 1 aromatic heterocycles. The van der Waals surface area contributed by atoms with E-state index in [0.29, 0.717) is 34.3 Å². The van der Waals surface area contributed by atoms with Gasteiger partial charge >= 0.3 is 12.1 Å². The van der Waals surface area contributed by atoms with Crippen LogP contribution in [0.15, 0.2) is 66.7 Å². The molecule has 0 bridgehead atoms. The lowest BCUT2D eigenvalue weighted by atomic mass is 10.0. The minimum absolute atomic E-state index is 0.0489. The first-order valence-electron chi connectivity index (χ1n) is 11.2. The number of ether oxygens (including phenoxy) is 2. The highest BCUT2D eigenvalue weighted by molar-refractivity contribution is 5.91. The van der Waals surface area contributed by atoms with Crippen LogP contribution in [0.5, 0.6) is 5.75 Å². The van der Waals surface area contributed by atoms with E-state index in [1.807, 2.05) is 0 Å². The van der Waals surface area contributed by atoms with E-state index >= 15 is 0 Å². The van der Waals surface area contributed by atoms with Gasteiger partial charge in [-0.05, 0) is 80.1 Å². The molecule has 3 aromatic carbocycles. The molecule has 4 rings (SSSR count). The average Bonchev–Trinajstić information content (AvgIpc) is 3.23. The zero-order valence-corrected chi connectivity index (χ0v) is 20.1. The molecule has 0 saturated heterocycles. The molecule has 0 spiro atoms. The summed E-state index contributed by atoms with van der Waals surface area (Å²) in [6.07, 6.45) is -4.61. The van der Waals surface area contributed by atoms with Crippen molar-refractivity contribution in [3.8, 4) is 22.7 Å². The highest BCUT2D eigenvalue weighted by atomic mass is 19.4. The summed E-state index contributed by atoms with van der Waals surface area (Å²) >= 11 is 0. The smallest absolute Gasteiger partial charge is 0.416 e. The molecule has 0 aliphatic rings. The van der Waals surface area contributed by atoms with Crippen LogP contribution < -0.4 is 4.74 Å². The van der Waals surface area contributed by atoms with E-state index in [1.54, 1.807) is 48.7 Å². The summed E-state index contributed by atoms with van der Waals surface area (Å²) in [5, 5.41) is 0. The molecule has 4 aromatic rings. The molecular formula is C28H22F5NO3. The third kappa shape index (κ3) is 5.35. The highest BCUT2D eigenvalue weighted by Gasteiger charge is 2.32. The van der Waals surface area contributed by atoms with Crippen molar-refractivity contribution in [3.05, 3.63) is 106 Å². The third-order valence-corrected chi connectivity index (χ3v) is 5.93. The van der Waals surface area contributed by atoms with Crippen molar-refractivity contribution in [1.82, 2.24) is 4.57 Å². The fourth-order valence-electron chi connectivity index (χ4n) is 4.04. The average molecular weight is 515 g/mol. The Morgan fingerprint density at radius 1 is 0.919 bits per heavy atom. The molecule has 4 nitrogen and oxygen atoms in total. The van der Waals surface area contributed by atoms with Crippen LogP contribution in [-0.4, -0.2) is 17.6 Å². The number of carbonyl (C=O) groups excluding carboxylic acids is 1. The Morgan fingerprint density at radius 3 is 2.32 bits per heavy atom. The van der Waals surface area contributed by atoms with E-state index in [0.717, 1.165) is 18.2 Å². The summed E-state index contributed by atoms with van der Waals surface area (Å²) in [5.41, 5.74) is 1.99. The SMILES string of the molecule is COC(=O)c1ccc(-n2c(C)ccc2-c2cc(C(F)(F)F)ccc2OCc2ccc(F)cc2F)cc1C. The number of hydrogen-bond acceptors (Lipinski definition) is 3. The monoisotopic (exact) mass is 515 g/mol. The molecule has 0 unspecified atom stereocenters. The Bertz CT molecular complexity index is 1470. The van der Waals surface area contributed by atoms with E-state index < -0.39 is 29.3 Å². The van der Waals surface area contributed by atoms with Gasteiger partial charge in [0.1, 0.15) is 24.0 Å². The molecule has 1 heterocycles. The minimum Gasteiger partial charge on any atom is -0.488 e. The van der Waals surface area contributed by atoms with Gasteiger partial charge < -0.3 is 14.0 Å². The number of halogens is 5. The van der Waals surface area contributed by atoms with Crippen LogP contribution in [-0.2, 0) is 17.5 Å². The molecular weight excluding hydrogens is 493 g/mol. The Morgan fingerprint density at radius 2 is 1.68 bits per heavy atom. The number of carbonyl (C=O) groups is 1. The van der Waals surface area contributed by atoms with E-state index in [9.17, 15) is 26.7 Å². The molecule has 0 amide bonds. The van der Waals surface area contributed by atoms with Gasteiger partial charge in [0.25, 0.3) is 0 Å². The van der Waals surface area contributed by atoms with E-state index in [2.05, 4.69) is 0 Å². The van der Waals surface area contributed by atoms with Crippen LogP contribution in [0.25, 0.3) is 16.9 Å². The van der Waals surface area contributed by atoms with Gasteiger partial charge in [-0.2, -0.15) is 13.2 Å². The number of methoxy groups -OCH3 is 1. The number of nitrogens with zero attached hydrogens (tertiary/aromatic N) is 1. The first kappa shape index (κ1) is 25.9. The molecule has 0 atom stereocenters. The summed E-state index contributed by atoms with van der Waals surface area (Å²) in [6.45, 7) is 3.19. The molecule has 0 N–H and O–H groups in total. The van der Waals surface area contributed by atoms with Crippen molar-refractivity contribution in [2.24, 2.45) is 0 Å². The number of aromatic nitrogens is 1. The van der Waals surface area contributed by atoms with Crippen molar-refractivity contribution in [2.45, 2.75) is 26.6 Å². The molecule has 0 aliphatic heterocycles. The second kappa shape index (κ2) is 10.1. The molecule has 37 heavy (non-hydrogen) atoms. The number of benzene rings is 3. The Balaban J connectivity index is 1.82. The number of rotatable bonds is 6. The van der Waals surface area contributed by atoms with Gasteiger partial charge in [0.2, 0.25) is 0 Å². The minimum atomic E-state index is -4.61. The van der Waals surface area contributed by atoms with Gasteiger partial charge in [-0.3, -0.25) is 0 Å². The molecule has 0 saturated carbocycles. The molecule has 9 heteroatoms. The van der Waals surface area contributed by atoms with Crippen molar-refractivity contribution in [3.63, 3.8) is 0 Å². The third-order valence-electron chi connectivity index (χ3n) is 5.93. The number of hydrogen-bond donors (Lipinski definition) is 0. The van der Waals surface area contributed by atoms with Crippen molar-refractivity contribution in [2.75, 3.05) is 7.11 Å². The van der Waals surface area contributed by atoms with E-state index in [1.165, 1.54) is 19.2 Å². The van der Waals surface area contributed by atoms with E-state index in [4.69, 9.17) is 9.47 Å². The van der Waals surface area contributed by atoms with Crippen molar-refractivity contribution in [1.29, 1.82) is 0 Å². The normalized spacial score (nSPS) is 11.5. The van der Waals surface area contributed by atoms with Crippen molar-refractivity contribution < 1.29 is 36.2 Å². The fourth-order valence-corrected chi connectivity index (χ4v) is 4.04. The zero-order chi connectivity index (χ0) is 26.9. The summed E-state index contributed by atoms with van der Waals surface area (Å²) in [7, 11) is 1.27. The number of alkyl halides is 3. The Hall–Kier alpha value is -4.14. The lowest BCUT2D eigenvalue weighted by molar-refractivity contribution is -0.137. The van der Waals surface area contributed by atoms with Crippen LogP contribution in [0.4, 0.5) is 22.0 Å². The second-order valence-electron chi connectivity index (χ2n) is 8.42. The maximum Gasteiger partial charge on any atom is 0.416 e. The largest absolute Gasteiger partial charge is 0.488 e. The molecule has 0 radical (unpaired) electrons. The Kier molecular flexibility index (Phi) is 7.07. The fraction of sp³-hybridized carbons (Fsp3) is 0.179. The van der Waals surface area contributed by atoms with Crippen molar-refractivity contribution >= 4 is 5.97 Å². The number of aryl methyl sites for hydroxylation is 2. The summed E-state index contributed by atoms with van der Waals surface area (Å²) < 4.78 is 80.5. The quantitative estimate of drug-likeness (QED) is 0.198. The summed E-state index contributed by atoms with van der Waals surface area (Å²) in [4.78, 5) is 12.0. The maximum atomic E-state index is 14.1. The van der Waals surface area contributed by atoms with Gasteiger partial charge in [0.15, 0.2) is 0 Å². The molecule has 192 valence electrons. The lowest BCUT2D eigenvalue weighted by Gasteiger charge is -2.18. The zero-order valence-electron chi connectivity index (χ0n) is 20.1.